The second kappa shape index (κ2) is 7.69. The normalized spacial score (nSPS) is 15.0. The molecule has 7 nitrogen and oxygen atoms in total. The van der Waals surface area contributed by atoms with Crippen LogP contribution in [0, 0.1) is 0 Å². The van der Waals surface area contributed by atoms with Crippen molar-refractivity contribution in [2.75, 3.05) is 33.8 Å². The van der Waals surface area contributed by atoms with E-state index in [0.29, 0.717) is 5.82 Å². The Hall–Kier alpha value is -2.35. The van der Waals surface area contributed by atoms with Crippen LogP contribution in [0.15, 0.2) is 36.4 Å². The first-order valence-corrected chi connectivity index (χ1v) is 10.2. The minimum Gasteiger partial charge on any atom is -0.372 e. The average Bonchev–Trinajstić information content (AvgIpc) is 2.64. The molecule has 1 aromatic carbocycles. The lowest BCUT2D eigenvalue weighted by atomic mass is 10.1. The number of anilines is 4. The molecule has 0 radical (unpaired) electrons. The Labute approximate surface area is 148 Å². The highest BCUT2D eigenvalue weighted by molar-refractivity contribution is 7.92. The minimum atomic E-state index is -3.34. The first kappa shape index (κ1) is 17.5. The highest BCUT2D eigenvalue weighted by Crippen LogP contribution is 2.23. The monoisotopic (exact) mass is 361 g/mol. The van der Waals surface area contributed by atoms with Crippen LogP contribution in [0.25, 0.3) is 0 Å². The SMILES string of the molecule is CCS(=O)(=O)Nc1ccc(Nc2ccc(N3CCCCC3)cc2)nn1. The van der Waals surface area contributed by atoms with E-state index in [4.69, 9.17) is 0 Å². The standard InChI is InChI=1S/C17H23N5O2S/c1-2-25(23,24)21-17-11-10-16(19-20-17)18-14-6-8-15(9-7-14)22-12-4-3-5-13-22/h6-11H,2-5,12-13H2,1H3,(H,18,19)(H,20,21). The smallest absolute Gasteiger partial charge is 0.233 e. The lowest BCUT2D eigenvalue weighted by Crippen LogP contribution is -2.29. The summed E-state index contributed by atoms with van der Waals surface area (Å²) in [5.74, 6) is 0.774. The molecule has 0 aliphatic carbocycles. The second-order valence-corrected chi connectivity index (χ2v) is 8.04. The third-order valence-corrected chi connectivity index (χ3v) is 5.45. The molecule has 134 valence electrons. The topological polar surface area (TPSA) is 87.2 Å². The molecule has 2 aromatic rings. The van der Waals surface area contributed by atoms with Gasteiger partial charge in [-0.1, -0.05) is 0 Å². The summed E-state index contributed by atoms with van der Waals surface area (Å²) in [5, 5.41) is 11.1. The molecule has 1 fully saturated rings. The summed E-state index contributed by atoms with van der Waals surface area (Å²) in [4.78, 5) is 2.40. The molecular formula is C17H23N5O2S. The summed E-state index contributed by atoms with van der Waals surface area (Å²) in [6.45, 7) is 3.81. The third kappa shape index (κ3) is 4.82. The number of aromatic nitrogens is 2. The van der Waals surface area contributed by atoms with E-state index in [2.05, 4.69) is 37.3 Å². The summed E-state index contributed by atoms with van der Waals surface area (Å²) < 4.78 is 25.4. The van der Waals surface area contributed by atoms with Gasteiger partial charge in [-0.2, -0.15) is 0 Å². The van der Waals surface area contributed by atoms with Gasteiger partial charge in [-0.3, -0.25) is 4.72 Å². The molecule has 1 aliphatic rings. The zero-order valence-corrected chi connectivity index (χ0v) is 15.1. The first-order valence-electron chi connectivity index (χ1n) is 8.52. The van der Waals surface area contributed by atoms with Crippen LogP contribution in [0.3, 0.4) is 0 Å². The summed E-state index contributed by atoms with van der Waals surface area (Å²) in [6.07, 6.45) is 3.83. The molecule has 0 amide bonds. The van der Waals surface area contributed by atoms with E-state index in [1.165, 1.54) is 24.9 Å². The molecule has 8 heteroatoms. The molecule has 0 atom stereocenters. The summed E-state index contributed by atoms with van der Waals surface area (Å²) in [6, 6.07) is 11.5. The van der Waals surface area contributed by atoms with Crippen LogP contribution in [0.2, 0.25) is 0 Å². The van der Waals surface area contributed by atoms with Crippen molar-refractivity contribution in [1.82, 2.24) is 10.2 Å². The van der Waals surface area contributed by atoms with Gasteiger partial charge in [0.2, 0.25) is 10.0 Å². The van der Waals surface area contributed by atoms with E-state index in [9.17, 15) is 8.42 Å². The second-order valence-electron chi connectivity index (χ2n) is 6.03. The van der Waals surface area contributed by atoms with Crippen molar-refractivity contribution in [2.45, 2.75) is 26.2 Å². The van der Waals surface area contributed by atoms with Gasteiger partial charge in [0.1, 0.15) is 0 Å². The molecule has 1 aromatic heterocycles. The van der Waals surface area contributed by atoms with E-state index in [-0.39, 0.29) is 11.6 Å². The fourth-order valence-corrected chi connectivity index (χ4v) is 3.31. The van der Waals surface area contributed by atoms with Crippen molar-refractivity contribution in [3.63, 3.8) is 0 Å². The Kier molecular flexibility index (Phi) is 5.37. The van der Waals surface area contributed by atoms with Gasteiger partial charge >= 0.3 is 0 Å². The minimum absolute atomic E-state index is 0.00194. The molecule has 1 saturated heterocycles. The molecule has 2 N–H and O–H groups in total. The number of rotatable bonds is 6. The first-order chi connectivity index (χ1) is 12.1. The summed E-state index contributed by atoms with van der Waals surface area (Å²) in [7, 11) is -3.34. The number of sulfonamides is 1. The van der Waals surface area contributed by atoms with Gasteiger partial charge in [0, 0.05) is 24.5 Å². The van der Waals surface area contributed by atoms with Crippen LogP contribution in [0.5, 0.6) is 0 Å². The van der Waals surface area contributed by atoms with Crippen LogP contribution in [0.1, 0.15) is 26.2 Å². The lowest BCUT2D eigenvalue weighted by Gasteiger charge is -2.28. The van der Waals surface area contributed by atoms with Gasteiger partial charge in [-0.05, 0) is 62.6 Å². The average molecular weight is 361 g/mol. The molecule has 25 heavy (non-hydrogen) atoms. The molecule has 3 rings (SSSR count). The maximum atomic E-state index is 11.5. The Morgan fingerprint density at radius 2 is 1.60 bits per heavy atom. The molecule has 0 saturated carbocycles. The lowest BCUT2D eigenvalue weighted by molar-refractivity contribution is 0.578. The van der Waals surface area contributed by atoms with Crippen molar-refractivity contribution in [3.8, 4) is 0 Å². The maximum Gasteiger partial charge on any atom is 0.233 e. The van der Waals surface area contributed by atoms with Crippen molar-refractivity contribution in [1.29, 1.82) is 0 Å². The highest BCUT2D eigenvalue weighted by atomic mass is 32.2. The van der Waals surface area contributed by atoms with Crippen molar-refractivity contribution < 1.29 is 8.42 Å². The van der Waals surface area contributed by atoms with E-state index >= 15 is 0 Å². The zero-order chi connectivity index (χ0) is 17.7. The van der Waals surface area contributed by atoms with Crippen molar-refractivity contribution >= 4 is 33.0 Å². The number of piperidine rings is 1. The largest absolute Gasteiger partial charge is 0.372 e. The number of hydrogen-bond acceptors (Lipinski definition) is 6. The summed E-state index contributed by atoms with van der Waals surface area (Å²) >= 11 is 0. The fourth-order valence-electron chi connectivity index (χ4n) is 2.74. The third-order valence-electron chi connectivity index (χ3n) is 4.17. The number of hydrogen-bond donors (Lipinski definition) is 2. The number of nitrogens with one attached hydrogen (secondary N) is 2. The van der Waals surface area contributed by atoms with Gasteiger partial charge in [0.05, 0.1) is 5.75 Å². The van der Waals surface area contributed by atoms with E-state index in [0.717, 1.165) is 18.8 Å². The quantitative estimate of drug-likeness (QED) is 0.822. The van der Waals surface area contributed by atoms with E-state index < -0.39 is 10.0 Å². The molecule has 0 spiro atoms. The molecule has 0 bridgehead atoms. The van der Waals surface area contributed by atoms with Crippen molar-refractivity contribution in [3.05, 3.63) is 36.4 Å². The predicted octanol–water partition coefficient (Wildman–Crippen LogP) is 2.97. The Morgan fingerprint density at radius 3 is 2.20 bits per heavy atom. The van der Waals surface area contributed by atoms with Gasteiger partial charge < -0.3 is 10.2 Å². The van der Waals surface area contributed by atoms with Gasteiger partial charge in [0.25, 0.3) is 0 Å². The van der Waals surface area contributed by atoms with E-state index in [1.54, 1.807) is 19.1 Å². The van der Waals surface area contributed by atoms with Gasteiger partial charge in [0.15, 0.2) is 11.6 Å². The van der Waals surface area contributed by atoms with Crippen LogP contribution in [0.4, 0.5) is 23.0 Å². The van der Waals surface area contributed by atoms with Crippen LogP contribution in [-0.2, 0) is 10.0 Å². The molecular weight excluding hydrogens is 338 g/mol. The van der Waals surface area contributed by atoms with Crippen molar-refractivity contribution in [2.24, 2.45) is 0 Å². The van der Waals surface area contributed by atoms with E-state index in [1.807, 2.05) is 12.1 Å². The number of benzene rings is 1. The molecule has 1 aliphatic heterocycles. The molecule has 0 unspecified atom stereocenters. The van der Waals surface area contributed by atoms with Crippen LogP contribution < -0.4 is 14.9 Å². The Bertz CT molecular complexity index is 785. The van der Waals surface area contributed by atoms with Crippen LogP contribution in [-0.4, -0.2) is 37.5 Å². The van der Waals surface area contributed by atoms with Gasteiger partial charge in [-0.25, -0.2) is 8.42 Å². The predicted molar refractivity (Wildman–Crippen MR) is 101 cm³/mol. The zero-order valence-electron chi connectivity index (χ0n) is 14.3. The highest BCUT2D eigenvalue weighted by Gasteiger charge is 2.11. The van der Waals surface area contributed by atoms with Gasteiger partial charge in [-0.15, -0.1) is 10.2 Å². The maximum absolute atomic E-state index is 11.5. The van der Waals surface area contributed by atoms with Crippen LogP contribution >= 0.6 is 0 Å². The summed E-state index contributed by atoms with van der Waals surface area (Å²) in [5.41, 5.74) is 2.15. The Morgan fingerprint density at radius 1 is 0.960 bits per heavy atom. The number of nitrogens with zero attached hydrogens (tertiary/aromatic N) is 3. The Balaban J connectivity index is 1.62. The fraction of sp³-hybridized carbons (Fsp3) is 0.412. The molecule has 2 heterocycles.